The van der Waals surface area contributed by atoms with E-state index in [1.165, 1.54) is 0 Å². The van der Waals surface area contributed by atoms with Gasteiger partial charge in [-0.05, 0) is 38.8 Å². The van der Waals surface area contributed by atoms with Crippen molar-refractivity contribution in [3.05, 3.63) is 0 Å². The van der Waals surface area contributed by atoms with Gasteiger partial charge < -0.3 is 5.11 Å². The van der Waals surface area contributed by atoms with Gasteiger partial charge in [-0.25, -0.2) is 0 Å². The standard InChI is InChI=1S/C11H21NO2/c1-3-11(14)9(2)12-6-4-10(8-13)5-7-12/h9-10,13H,3-8H2,1-2H3. The van der Waals surface area contributed by atoms with Crippen LogP contribution in [0.3, 0.4) is 0 Å². The summed E-state index contributed by atoms with van der Waals surface area (Å²) in [5.41, 5.74) is 0. The summed E-state index contributed by atoms with van der Waals surface area (Å²) in [6.07, 6.45) is 2.68. The van der Waals surface area contributed by atoms with E-state index in [2.05, 4.69) is 4.90 Å². The maximum Gasteiger partial charge on any atom is 0.149 e. The van der Waals surface area contributed by atoms with Gasteiger partial charge in [0, 0.05) is 13.0 Å². The summed E-state index contributed by atoms with van der Waals surface area (Å²) in [5.74, 6) is 0.780. The third-order valence-electron chi connectivity index (χ3n) is 3.27. The Hall–Kier alpha value is -0.410. The molecule has 1 atom stereocenters. The van der Waals surface area contributed by atoms with Crippen LogP contribution in [-0.2, 0) is 4.79 Å². The molecule has 0 radical (unpaired) electrons. The molecule has 1 fully saturated rings. The zero-order valence-electron chi connectivity index (χ0n) is 9.20. The van der Waals surface area contributed by atoms with Gasteiger partial charge in [0.05, 0.1) is 6.04 Å². The Kier molecular flexibility index (Phi) is 4.55. The summed E-state index contributed by atoms with van der Waals surface area (Å²) >= 11 is 0. The lowest BCUT2D eigenvalue weighted by atomic mass is 9.96. The highest BCUT2D eigenvalue weighted by molar-refractivity contribution is 5.83. The number of carbonyl (C=O) groups excluding carboxylic acids is 1. The fourth-order valence-corrected chi connectivity index (χ4v) is 2.02. The highest BCUT2D eigenvalue weighted by Crippen LogP contribution is 2.18. The highest BCUT2D eigenvalue weighted by Gasteiger charge is 2.24. The number of aliphatic hydroxyl groups excluding tert-OH is 1. The van der Waals surface area contributed by atoms with Crippen LogP contribution in [0, 0.1) is 5.92 Å². The smallest absolute Gasteiger partial charge is 0.149 e. The highest BCUT2D eigenvalue weighted by atomic mass is 16.3. The Bertz CT molecular complexity index is 186. The summed E-state index contributed by atoms with van der Waals surface area (Å²) in [4.78, 5) is 13.7. The van der Waals surface area contributed by atoms with Crippen LogP contribution in [0.5, 0.6) is 0 Å². The molecule has 0 aromatic heterocycles. The SMILES string of the molecule is CCC(=O)C(C)N1CCC(CO)CC1. The van der Waals surface area contributed by atoms with E-state index in [4.69, 9.17) is 5.11 Å². The van der Waals surface area contributed by atoms with E-state index < -0.39 is 0 Å². The molecular weight excluding hydrogens is 178 g/mol. The van der Waals surface area contributed by atoms with Crippen LogP contribution in [0.25, 0.3) is 0 Å². The molecule has 1 saturated heterocycles. The molecule has 1 aliphatic rings. The number of hydrogen-bond donors (Lipinski definition) is 1. The second kappa shape index (κ2) is 5.47. The average Bonchev–Trinajstić information content (AvgIpc) is 2.27. The zero-order chi connectivity index (χ0) is 10.6. The molecule has 0 saturated carbocycles. The van der Waals surface area contributed by atoms with Crippen molar-refractivity contribution in [3.8, 4) is 0 Å². The molecular formula is C11H21NO2. The number of Topliss-reactive ketones (excluding diaryl/α,β-unsaturated/α-hetero) is 1. The van der Waals surface area contributed by atoms with Crippen LogP contribution in [0.4, 0.5) is 0 Å². The summed E-state index contributed by atoms with van der Waals surface area (Å²) in [6, 6.07) is 0.0691. The first kappa shape index (κ1) is 11.7. The van der Waals surface area contributed by atoms with Crippen molar-refractivity contribution in [1.82, 2.24) is 4.90 Å². The normalized spacial score (nSPS) is 22.2. The number of carbonyl (C=O) groups is 1. The molecule has 14 heavy (non-hydrogen) atoms. The summed E-state index contributed by atoms with van der Waals surface area (Å²) in [7, 11) is 0. The minimum absolute atomic E-state index is 0.0691. The monoisotopic (exact) mass is 199 g/mol. The van der Waals surface area contributed by atoms with Gasteiger partial charge in [0.1, 0.15) is 5.78 Å². The maximum absolute atomic E-state index is 11.5. The van der Waals surface area contributed by atoms with E-state index in [9.17, 15) is 4.79 Å². The van der Waals surface area contributed by atoms with Gasteiger partial charge in [-0.2, -0.15) is 0 Å². The van der Waals surface area contributed by atoms with Crippen molar-refractivity contribution >= 4 is 5.78 Å². The molecule has 3 nitrogen and oxygen atoms in total. The van der Waals surface area contributed by atoms with Crippen LogP contribution < -0.4 is 0 Å². The van der Waals surface area contributed by atoms with Crippen molar-refractivity contribution in [3.63, 3.8) is 0 Å². The Balaban J connectivity index is 2.37. The average molecular weight is 199 g/mol. The minimum Gasteiger partial charge on any atom is -0.396 e. The second-order valence-corrected chi connectivity index (χ2v) is 4.16. The summed E-state index contributed by atoms with van der Waals surface area (Å²) in [5, 5.41) is 8.99. The predicted molar refractivity (Wildman–Crippen MR) is 56.1 cm³/mol. The van der Waals surface area contributed by atoms with E-state index >= 15 is 0 Å². The molecule has 0 amide bonds. The number of hydrogen-bond acceptors (Lipinski definition) is 3. The van der Waals surface area contributed by atoms with Crippen molar-refractivity contribution in [2.45, 2.75) is 39.2 Å². The van der Waals surface area contributed by atoms with Gasteiger partial charge in [0.25, 0.3) is 0 Å². The first-order valence-electron chi connectivity index (χ1n) is 5.56. The van der Waals surface area contributed by atoms with E-state index in [1.807, 2.05) is 13.8 Å². The molecule has 1 heterocycles. The molecule has 0 aromatic rings. The first-order chi connectivity index (χ1) is 6.69. The summed E-state index contributed by atoms with van der Waals surface area (Å²) < 4.78 is 0. The second-order valence-electron chi connectivity index (χ2n) is 4.16. The number of rotatable bonds is 4. The van der Waals surface area contributed by atoms with Crippen LogP contribution in [0.1, 0.15) is 33.1 Å². The number of aliphatic hydroxyl groups is 1. The Labute approximate surface area is 86.1 Å². The van der Waals surface area contributed by atoms with Gasteiger partial charge in [0.15, 0.2) is 0 Å². The lowest BCUT2D eigenvalue weighted by Crippen LogP contribution is -2.44. The molecule has 82 valence electrons. The lowest BCUT2D eigenvalue weighted by Gasteiger charge is -2.34. The quantitative estimate of drug-likeness (QED) is 0.736. The van der Waals surface area contributed by atoms with E-state index in [0.717, 1.165) is 25.9 Å². The van der Waals surface area contributed by atoms with Crippen LogP contribution in [0.15, 0.2) is 0 Å². The van der Waals surface area contributed by atoms with E-state index in [1.54, 1.807) is 0 Å². The molecule has 0 aromatic carbocycles. The number of nitrogens with zero attached hydrogens (tertiary/aromatic N) is 1. The molecule has 0 aliphatic carbocycles. The third kappa shape index (κ3) is 2.79. The molecule has 1 N–H and O–H groups in total. The molecule has 1 unspecified atom stereocenters. The van der Waals surface area contributed by atoms with Gasteiger partial charge in [-0.3, -0.25) is 9.69 Å². The largest absolute Gasteiger partial charge is 0.396 e. The Morgan fingerprint density at radius 3 is 2.50 bits per heavy atom. The van der Waals surface area contributed by atoms with Crippen molar-refractivity contribution in [2.24, 2.45) is 5.92 Å². The van der Waals surface area contributed by atoms with Gasteiger partial charge >= 0.3 is 0 Å². The Morgan fingerprint density at radius 1 is 1.50 bits per heavy atom. The minimum atomic E-state index is 0.0691. The number of ketones is 1. The predicted octanol–water partition coefficient (Wildman–Crippen LogP) is 1.06. The molecule has 0 spiro atoms. The van der Waals surface area contributed by atoms with Crippen molar-refractivity contribution < 1.29 is 9.90 Å². The van der Waals surface area contributed by atoms with E-state index in [-0.39, 0.29) is 6.04 Å². The fourth-order valence-electron chi connectivity index (χ4n) is 2.02. The fraction of sp³-hybridized carbons (Fsp3) is 0.909. The summed E-state index contributed by atoms with van der Waals surface area (Å²) in [6.45, 7) is 6.12. The molecule has 0 bridgehead atoms. The van der Waals surface area contributed by atoms with Crippen LogP contribution in [-0.4, -0.2) is 41.5 Å². The van der Waals surface area contributed by atoms with E-state index in [0.29, 0.717) is 24.7 Å². The topological polar surface area (TPSA) is 40.5 Å². The first-order valence-corrected chi connectivity index (χ1v) is 5.56. The van der Waals surface area contributed by atoms with Crippen LogP contribution in [0.2, 0.25) is 0 Å². The van der Waals surface area contributed by atoms with Gasteiger partial charge in [-0.15, -0.1) is 0 Å². The molecule has 3 heteroatoms. The molecule has 1 rings (SSSR count). The third-order valence-corrected chi connectivity index (χ3v) is 3.27. The van der Waals surface area contributed by atoms with Crippen molar-refractivity contribution in [2.75, 3.05) is 19.7 Å². The van der Waals surface area contributed by atoms with Gasteiger partial charge in [-0.1, -0.05) is 6.92 Å². The zero-order valence-corrected chi connectivity index (χ0v) is 9.20. The van der Waals surface area contributed by atoms with Crippen molar-refractivity contribution in [1.29, 1.82) is 0 Å². The van der Waals surface area contributed by atoms with Gasteiger partial charge in [0.2, 0.25) is 0 Å². The Morgan fingerprint density at radius 2 is 2.07 bits per heavy atom. The van der Waals surface area contributed by atoms with Crippen LogP contribution >= 0.6 is 0 Å². The lowest BCUT2D eigenvalue weighted by molar-refractivity contribution is -0.124. The molecule has 1 aliphatic heterocycles. The number of likely N-dealkylation sites (tertiary alicyclic amines) is 1. The maximum atomic E-state index is 11.5. The number of piperidine rings is 1.